The zero-order valence-electron chi connectivity index (χ0n) is 15.1. The lowest BCUT2D eigenvalue weighted by Gasteiger charge is -2.31. The van der Waals surface area contributed by atoms with Crippen LogP contribution in [0.1, 0.15) is 24.0 Å². The van der Waals surface area contributed by atoms with Crippen molar-refractivity contribution in [2.45, 2.75) is 32.0 Å². The van der Waals surface area contributed by atoms with Crippen LogP contribution in [0.2, 0.25) is 0 Å². The number of rotatable bonds is 6. The first-order valence-electron chi connectivity index (χ1n) is 8.95. The zero-order chi connectivity index (χ0) is 18.4. The average Bonchev–Trinajstić information content (AvgIpc) is 2.68. The number of amides is 1. The number of nitrogens with zero attached hydrogens (tertiary/aromatic N) is 1. The van der Waals surface area contributed by atoms with Gasteiger partial charge in [-0.15, -0.1) is 0 Å². The van der Waals surface area contributed by atoms with E-state index in [0.717, 1.165) is 18.4 Å². The molecule has 5 nitrogen and oxygen atoms in total. The summed E-state index contributed by atoms with van der Waals surface area (Å²) in [5.41, 5.74) is 1.76. The number of phenolic OH excluding ortho intramolecular Hbond substituents is 1. The number of hydrogen-bond donors (Lipinski definition) is 1. The van der Waals surface area contributed by atoms with Crippen LogP contribution >= 0.6 is 0 Å². The third kappa shape index (κ3) is 4.76. The summed E-state index contributed by atoms with van der Waals surface area (Å²) in [4.78, 5) is 14.5. The van der Waals surface area contributed by atoms with E-state index in [1.54, 1.807) is 25.3 Å². The molecule has 0 bridgehead atoms. The van der Waals surface area contributed by atoms with E-state index in [1.165, 1.54) is 0 Å². The van der Waals surface area contributed by atoms with Crippen molar-refractivity contribution in [2.24, 2.45) is 0 Å². The molecule has 1 heterocycles. The molecule has 5 heteroatoms. The third-order valence-electron chi connectivity index (χ3n) is 4.75. The first kappa shape index (κ1) is 18.3. The van der Waals surface area contributed by atoms with E-state index in [1.807, 2.05) is 35.2 Å². The van der Waals surface area contributed by atoms with Gasteiger partial charge in [0.05, 0.1) is 12.5 Å². The smallest absolute Gasteiger partial charge is 0.227 e. The van der Waals surface area contributed by atoms with Gasteiger partial charge in [0.15, 0.2) is 0 Å². The highest BCUT2D eigenvalue weighted by Crippen LogP contribution is 2.26. The van der Waals surface area contributed by atoms with Gasteiger partial charge in [-0.3, -0.25) is 4.79 Å². The number of phenols is 1. The quantitative estimate of drug-likeness (QED) is 0.865. The summed E-state index contributed by atoms with van der Waals surface area (Å²) >= 11 is 0. The zero-order valence-corrected chi connectivity index (χ0v) is 15.1. The van der Waals surface area contributed by atoms with Crippen LogP contribution in [0.25, 0.3) is 0 Å². The molecule has 138 valence electrons. The molecule has 1 saturated heterocycles. The van der Waals surface area contributed by atoms with Crippen molar-refractivity contribution in [3.63, 3.8) is 0 Å². The summed E-state index contributed by atoms with van der Waals surface area (Å²) in [6.07, 6.45) is 2.18. The van der Waals surface area contributed by atoms with Gasteiger partial charge in [-0.2, -0.15) is 0 Å². The molecule has 26 heavy (non-hydrogen) atoms. The van der Waals surface area contributed by atoms with Crippen molar-refractivity contribution in [2.75, 3.05) is 20.2 Å². The minimum atomic E-state index is 0.0507. The molecule has 0 radical (unpaired) electrons. The second kappa shape index (κ2) is 8.72. The fraction of sp³-hybridized carbons (Fsp3) is 0.381. The minimum Gasteiger partial charge on any atom is -0.508 e. The van der Waals surface area contributed by atoms with Gasteiger partial charge in [0, 0.05) is 25.8 Å². The minimum absolute atomic E-state index is 0.0507. The van der Waals surface area contributed by atoms with Crippen LogP contribution in [0, 0.1) is 0 Å². The molecule has 1 aliphatic heterocycles. The lowest BCUT2D eigenvalue weighted by molar-refractivity contribution is -0.132. The summed E-state index contributed by atoms with van der Waals surface area (Å²) in [7, 11) is 1.71. The van der Waals surface area contributed by atoms with E-state index in [9.17, 15) is 9.90 Å². The summed E-state index contributed by atoms with van der Waals surface area (Å²) in [6, 6.07) is 14.8. The largest absolute Gasteiger partial charge is 0.508 e. The molecule has 0 atom stereocenters. The highest BCUT2D eigenvalue weighted by Gasteiger charge is 2.23. The highest BCUT2D eigenvalue weighted by atomic mass is 16.5. The molecule has 2 aromatic rings. The lowest BCUT2D eigenvalue weighted by atomic mass is 10.1. The van der Waals surface area contributed by atoms with Gasteiger partial charge >= 0.3 is 0 Å². The summed E-state index contributed by atoms with van der Waals surface area (Å²) in [5, 5.41) is 9.82. The number of likely N-dealkylation sites (tertiary alicyclic amines) is 1. The van der Waals surface area contributed by atoms with Crippen LogP contribution in [-0.4, -0.2) is 42.2 Å². The lowest BCUT2D eigenvalue weighted by Crippen LogP contribution is -2.41. The summed E-state index contributed by atoms with van der Waals surface area (Å²) in [5.74, 6) is 0.819. The van der Waals surface area contributed by atoms with Gasteiger partial charge in [0.1, 0.15) is 18.1 Å². The Kier molecular flexibility index (Phi) is 6.12. The Hall–Kier alpha value is -2.53. The van der Waals surface area contributed by atoms with Crippen LogP contribution < -0.4 is 4.74 Å². The Labute approximate surface area is 154 Å². The van der Waals surface area contributed by atoms with Crippen molar-refractivity contribution >= 4 is 5.91 Å². The number of ether oxygens (including phenoxy) is 2. The van der Waals surface area contributed by atoms with E-state index in [4.69, 9.17) is 9.47 Å². The predicted octanol–water partition coefficient (Wildman–Crippen LogP) is 3.15. The second-order valence-corrected chi connectivity index (χ2v) is 6.56. The summed E-state index contributed by atoms with van der Waals surface area (Å²) in [6.45, 7) is 1.83. The SMILES string of the molecule is COC1CCN(C(=O)Cc2cc(O)ccc2OCc2ccccc2)CC1. The molecule has 1 aliphatic rings. The van der Waals surface area contributed by atoms with Gasteiger partial charge < -0.3 is 19.5 Å². The molecule has 0 saturated carbocycles. The van der Waals surface area contributed by atoms with Gasteiger partial charge in [0.2, 0.25) is 5.91 Å². The van der Waals surface area contributed by atoms with Crippen molar-refractivity contribution in [1.82, 2.24) is 4.90 Å². The number of piperidine rings is 1. The standard InChI is InChI=1S/C21H25NO4/c1-25-19-9-11-22(12-10-19)21(24)14-17-13-18(23)7-8-20(17)26-15-16-5-3-2-4-6-16/h2-8,13,19,23H,9-12,14-15H2,1H3. The number of carbonyl (C=O) groups is 1. The van der Waals surface area contributed by atoms with Gasteiger partial charge in [0.25, 0.3) is 0 Å². The summed E-state index contributed by atoms with van der Waals surface area (Å²) < 4.78 is 11.3. The predicted molar refractivity (Wildman–Crippen MR) is 99.2 cm³/mol. The number of benzene rings is 2. The van der Waals surface area contributed by atoms with Crippen LogP contribution in [0.4, 0.5) is 0 Å². The van der Waals surface area contributed by atoms with Gasteiger partial charge in [-0.1, -0.05) is 30.3 Å². The van der Waals surface area contributed by atoms with Gasteiger partial charge in [-0.05, 0) is 36.6 Å². The second-order valence-electron chi connectivity index (χ2n) is 6.56. The highest BCUT2D eigenvalue weighted by molar-refractivity contribution is 5.79. The molecule has 0 spiro atoms. The van der Waals surface area contributed by atoms with Crippen molar-refractivity contribution in [1.29, 1.82) is 0 Å². The van der Waals surface area contributed by atoms with Crippen LogP contribution in [0.3, 0.4) is 0 Å². The van der Waals surface area contributed by atoms with Crippen molar-refractivity contribution in [3.8, 4) is 11.5 Å². The van der Waals surface area contributed by atoms with Crippen LogP contribution in [0.5, 0.6) is 11.5 Å². The van der Waals surface area contributed by atoms with Crippen molar-refractivity contribution < 1.29 is 19.4 Å². The van der Waals surface area contributed by atoms with E-state index in [-0.39, 0.29) is 24.2 Å². The molecular weight excluding hydrogens is 330 g/mol. The molecule has 1 fully saturated rings. The number of hydrogen-bond acceptors (Lipinski definition) is 4. The fourth-order valence-electron chi connectivity index (χ4n) is 3.20. The van der Waals surface area contributed by atoms with Gasteiger partial charge in [-0.25, -0.2) is 0 Å². The maximum Gasteiger partial charge on any atom is 0.227 e. The fourth-order valence-corrected chi connectivity index (χ4v) is 3.20. The number of methoxy groups -OCH3 is 1. The molecule has 0 aromatic heterocycles. The Bertz CT molecular complexity index is 724. The Morgan fingerprint density at radius 1 is 1.15 bits per heavy atom. The van der Waals surface area contributed by atoms with Crippen LogP contribution in [0.15, 0.2) is 48.5 Å². The van der Waals surface area contributed by atoms with E-state index in [2.05, 4.69) is 0 Å². The molecule has 1 N–H and O–H groups in total. The third-order valence-corrected chi connectivity index (χ3v) is 4.75. The molecule has 0 aliphatic carbocycles. The molecule has 0 unspecified atom stereocenters. The van der Waals surface area contributed by atoms with E-state index >= 15 is 0 Å². The Morgan fingerprint density at radius 2 is 1.88 bits per heavy atom. The average molecular weight is 355 g/mol. The first-order valence-corrected chi connectivity index (χ1v) is 8.95. The normalized spacial score (nSPS) is 15.0. The molecular formula is C21H25NO4. The molecule has 2 aromatic carbocycles. The Morgan fingerprint density at radius 3 is 2.58 bits per heavy atom. The molecule has 3 rings (SSSR count). The maximum absolute atomic E-state index is 12.6. The van der Waals surface area contributed by atoms with Crippen LogP contribution in [-0.2, 0) is 22.6 Å². The van der Waals surface area contributed by atoms with E-state index < -0.39 is 0 Å². The molecule has 1 amide bonds. The monoisotopic (exact) mass is 355 g/mol. The topological polar surface area (TPSA) is 59.0 Å². The number of carbonyl (C=O) groups excluding carboxylic acids is 1. The maximum atomic E-state index is 12.6. The number of aromatic hydroxyl groups is 1. The van der Waals surface area contributed by atoms with Crippen molar-refractivity contribution in [3.05, 3.63) is 59.7 Å². The van der Waals surface area contributed by atoms with E-state index in [0.29, 0.717) is 31.0 Å². The Balaban J connectivity index is 1.65. The first-order chi connectivity index (χ1) is 12.7.